The Morgan fingerprint density at radius 3 is 2.58 bits per heavy atom. The van der Waals surface area contributed by atoms with Gasteiger partial charge in [-0.15, -0.1) is 0 Å². The van der Waals surface area contributed by atoms with Crippen LogP contribution in [0.4, 0.5) is 5.95 Å². The van der Waals surface area contributed by atoms with Crippen LogP contribution in [0.1, 0.15) is 16.8 Å². The van der Waals surface area contributed by atoms with Gasteiger partial charge in [-0.3, -0.25) is 9.78 Å². The van der Waals surface area contributed by atoms with Crippen molar-refractivity contribution in [2.45, 2.75) is 19.8 Å². The van der Waals surface area contributed by atoms with E-state index in [1.807, 2.05) is 12.1 Å². The topological polar surface area (TPSA) is 70.1 Å². The Hall–Kier alpha value is -2.43. The maximum absolute atomic E-state index is 11.3. The van der Waals surface area contributed by atoms with Crippen molar-refractivity contribution in [1.29, 1.82) is 0 Å². The van der Waals surface area contributed by atoms with Crippen LogP contribution in [0.3, 0.4) is 0 Å². The first-order valence-corrected chi connectivity index (χ1v) is 6.17. The maximum Gasteiger partial charge on any atom is 0.252 e. The maximum atomic E-state index is 11.3. The molecule has 5 heteroatoms. The Morgan fingerprint density at radius 1 is 1.26 bits per heavy atom. The van der Waals surface area contributed by atoms with Crippen molar-refractivity contribution in [3.63, 3.8) is 0 Å². The second-order valence-electron chi connectivity index (χ2n) is 4.65. The van der Waals surface area contributed by atoms with E-state index in [9.17, 15) is 4.79 Å². The van der Waals surface area contributed by atoms with Gasteiger partial charge in [0.25, 0.3) is 5.56 Å². The van der Waals surface area contributed by atoms with Gasteiger partial charge in [-0.2, -0.15) is 5.10 Å². The molecule has 0 spiro atoms. The average molecular weight is 254 g/mol. The summed E-state index contributed by atoms with van der Waals surface area (Å²) in [6.07, 6.45) is 1.69. The van der Waals surface area contributed by atoms with E-state index in [4.69, 9.17) is 0 Å². The number of aryl methyl sites for hydroxylation is 1. The van der Waals surface area contributed by atoms with E-state index in [2.05, 4.69) is 32.6 Å². The standard InChI is InChI=1S/C14H14N4O/c1-9-6-13(19)16-14(15-9)18-17-12-7-10-4-2-3-5-11(10)8-12/h2-6H,7-8H2,1H3,(H2,15,16,18,19). The zero-order chi connectivity index (χ0) is 13.2. The normalized spacial score (nSPS) is 13.2. The molecule has 3 rings (SSSR count). The number of hydrogen-bond acceptors (Lipinski definition) is 4. The Labute approximate surface area is 110 Å². The molecular weight excluding hydrogens is 240 g/mol. The monoisotopic (exact) mass is 254 g/mol. The van der Waals surface area contributed by atoms with Gasteiger partial charge in [0.05, 0.1) is 0 Å². The molecule has 1 heterocycles. The second-order valence-corrected chi connectivity index (χ2v) is 4.65. The lowest BCUT2D eigenvalue weighted by atomic mass is 10.1. The fourth-order valence-electron chi connectivity index (χ4n) is 2.25. The Balaban J connectivity index is 1.77. The van der Waals surface area contributed by atoms with E-state index in [0.29, 0.717) is 11.6 Å². The molecule has 0 atom stereocenters. The number of nitrogens with zero attached hydrogens (tertiary/aromatic N) is 2. The number of H-pyrrole nitrogens is 1. The number of rotatable bonds is 2. The SMILES string of the molecule is Cc1cc(=O)[nH]c(NN=C2Cc3ccccc3C2)n1. The second kappa shape index (κ2) is 4.68. The summed E-state index contributed by atoms with van der Waals surface area (Å²) in [7, 11) is 0. The molecule has 0 radical (unpaired) electrons. The van der Waals surface area contributed by atoms with Crippen LogP contribution in [-0.2, 0) is 12.8 Å². The third-order valence-electron chi connectivity index (χ3n) is 3.10. The van der Waals surface area contributed by atoms with E-state index in [-0.39, 0.29) is 5.56 Å². The number of anilines is 1. The van der Waals surface area contributed by atoms with Crippen molar-refractivity contribution in [3.05, 3.63) is 57.5 Å². The number of hydrazone groups is 1. The zero-order valence-corrected chi connectivity index (χ0v) is 10.6. The highest BCUT2D eigenvalue weighted by Crippen LogP contribution is 2.19. The number of nitrogens with one attached hydrogen (secondary N) is 2. The fraction of sp³-hybridized carbons (Fsp3) is 0.214. The third kappa shape index (κ3) is 2.54. The van der Waals surface area contributed by atoms with Crippen LogP contribution in [0.15, 0.2) is 40.2 Å². The molecule has 0 saturated carbocycles. The third-order valence-corrected chi connectivity index (χ3v) is 3.10. The summed E-state index contributed by atoms with van der Waals surface area (Å²) in [5, 5.41) is 4.32. The Kier molecular flexibility index (Phi) is 2.87. The zero-order valence-electron chi connectivity index (χ0n) is 10.6. The fourth-order valence-corrected chi connectivity index (χ4v) is 2.25. The van der Waals surface area contributed by atoms with Crippen LogP contribution in [0.25, 0.3) is 0 Å². The molecule has 96 valence electrons. The molecule has 1 aromatic heterocycles. The number of hydrogen-bond donors (Lipinski definition) is 2. The summed E-state index contributed by atoms with van der Waals surface area (Å²) in [5.74, 6) is 0.383. The summed E-state index contributed by atoms with van der Waals surface area (Å²) in [4.78, 5) is 18.1. The van der Waals surface area contributed by atoms with Crippen LogP contribution in [0.2, 0.25) is 0 Å². The van der Waals surface area contributed by atoms with Gasteiger partial charge in [0.1, 0.15) is 0 Å². The number of benzene rings is 1. The molecule has 1 aromatic carbocycles. The summed E-state index contributed by atoms with van der Waals surface area (Å²) >= 11 is 0. The highest BCUT2D eigenvalue weighted by molar-refractivity contribution is 5.93. The molecule has 19 heavy (non-hydrogen) atoms. The van der Waals surface area contributed by atoms with Crippen molar-refractivity contribution >= 4 is 11.7 Å². The molecule has 0 fully saturated rings. The summed E-state index contributed by atoms with van der Waals surface area (Å²) in [6.45, 7) is 1.78. The first-order chi connectivity index (χ1) is 9.20. The smallest absolute Gasteiger partial charge is 0.252 e. The van der Waals surface area contributed by atoms with E-state index < -0.39 is 0 Å². The average Bonchev–Trinajstić information content (AvgIpc) is 2.78. The molecule has 0 saturated heterocycles. The van der Waals surface area contributed by atoms with Crippen LogP contribution < -0.4 is 11.0 Å². The molecule has 1 aliphatic rings. The van der Waals surface area contributed by atoms with Crippen LogP contribution in [-0.4, -0.2) is 15.7 Å². The number of aromatic nitrogens is 2. The molecule has 0 amide bonds. The first kappa shape index (κ1) is 11.6. The Bertz CT molecular complexity index is 676. The van der Waals surface area contributed by atoms with E-state index in [1.54, 1.807) is 6.92 Å². The lowest BCUT2D eigenvalue weighted by Gasteiger charge is -2.01. The quantitative estimate of drug-likeness (QED) is 0.800. The van der Waals surface area contributed by atoms with Crippen molar-refractivity contribution in [2.24, 2.45) is 5.10 Å². The molecular formula is C14H14N4O. The van der Waals surface area contributed by atoms with Crippen LogP contribution in [0.5, 0.6) is 0 Å². The molecule has 2 N–H and O–H groups in total. The minimum Gasteiger partial charge on any atom is -0.291 e. The van der Waals surface area contributed by atoms with Crippen LogP contribution >= 0.6 is 0 Å². The van der Waals surface area contributed by atoms with Gasteiger partial charge in [0.2, 0.25) is 5.95 Å². The summed E-state index contributed by atoms with van der Waals surface area (Å²) in [5.41, 5.74) is 6.99. The minimum atomic E-state index is -0.176. The largest absolute Gasteiger partial charge is 0.291 e. The van der Waals surface area contributed by atoms with Gasteiger partial charge in [0, 0.05) is 30.3 Å². The van der Waals surface area contributed by atoms with Gasteiger partial charge < -0.3 is 0 Å². The lowest BCUT2D eigenvalue weighted by molar-refractivity contribution is 1.04. The molecule has 0 unspecified atom stereocenters. The van der Waals surface area contributed by atoms with Gasteiger partial charge in [-0.25, -0.2) is 10.4 Å². The molecule has 5 nitrogen and oxygen atoms in total. The highest BCUT2D eigenvalue weighted by Gasteiger charge is 2.15. The van der Waals surface area contributed by atoms with Crippen molar-refractivity contribution in [3.8, 4) is 0 Å². The number of aromatic amines is 1. The first-order valence-electron chi connectivity index (χ1n) is 6.17. The molecule has 0 bridgehead atoms. The van der Waals surface area contributed by atoms with E-state index in [0.717, 1.165) is 18.6 Å². The van der Waals surface area contributed by atoms with Gasteiger partial charge >= 0.3 is 0 Å². The summed E-state index contributed by atoms with van der Waals surface area (Å²) in [6, 6.07) is 9.75. The molecule has 2 aromatic rings. The van der Waals surface area contributed by atoms with Gasteiger partial charge in [-0.1, -0.05) is 24.3 Å². The van der Waals surface area contributed by atoms with Gasteiger partial charge in [0.15, 0.2) is 0 Å². The number of fused-ring (bicyclic) bond motifs is 1. The van der Waals surface area contributed by atoms with Crippen molar-refractivity contribution in [1.82, 2.24) is 9.97 Å². The minimum absolute atomic E-state index is 0.176. The van der Waals surface area contributed by atoms with E-state index >= 15 is 0 Å². The van der Waals surface area contributed by atoms with Crippen LogP contribution in [0, 0.1) is 6.92 Å². The lowest BCUT2D eigenvalue weighted by Crippen LogP contribution is -2.11. The predicted molar refractivity (Wildman–Crippen MR) is 74.5 cm³/mol. The van der Waals surface area contributed by atoms with Crippen molar-refractivity contribution in [2.75, 3.05) is 5.43 Å². The summed E-state index contributed by atoms with van der Waals surface area (Å²) < 4.78 is 0. The van der Waals surface area contributed by atoms with Crippen molar-refractivity contribution < 1.29 is 0 Å². The van der Waals surface area contributed by atoms with E-state index in [1.165, 1.54) is 17.2 Å². The molecule has 1 aliphatic carbocycles. The Morgan fingerprint density at radius 2 is 1.95 bits per heavy atom. The highest BCUT2D eigenvalue weighted by atomic mass is 16.1. The predicted octanol–water partition coefficient (Wildman–Crippen LogP) is 1.65. The van der Waals surface area contributed by atoms with Gasteiger partial charge in [-0.05, 0) is 18.1 Å². The molecule has 0 aliphatic heterocycles.